The van der Waals surface area contributed by atoms with Crippen molar-refractivity contribution in [3.05, 3.63) is 65.5 Å². The van der Waals surface area contributed by atoms with Gasteiger partial charge in [-0.1, -0.05) is 24.3 Å². The standard InChI is InChI=1S/C16H14FNOS/c17-13-7-5-12(6-8-13)11-18-9-10-20-15-4-2-1-3-14(15)16(18)19/h1-8H,9-11H2. The highest BCUT2D eigenvalue weighted by molar-refractivity contribution is 7.99. The summed E-state index contributed by atoms with van der Waals surface area (Å²) in [6, 6.07) is 14.0. The number of halogens is 1. The van der Waals surface area contributed by atoms with Crippen LogP contribution in [0.25, 0.3) is 0 Å². The van der Waals surface area contributed by atoms with E-state index in [2.05, 4.69) is 0 Å². The number of hydrogen-bond acceptors (Lipinski definition) is 2. The third kappa shape index (κ3) is 2.70. The van der Waals surface area contributed by atoms with Crippen molar-refractivity contribution < 1.29 is 9.18 Å². The van der Waals surface area contributed by atoms with Crippen LogP contribution in [0.4, 0.5) is 4.39 Å². The molecular formula is C16H14FNOS. The Morgan fingerprint density at radius 3 is 2.65 bits per heavy atom. The highest BCUT2D eigenvalue weighted by Gasteiger charge is 2.22. The predicted octanol–water partition coefficient (Wildman–Crippen LogP) is 3.57. The molecule has 4 heteroatoms. The summed E-state index contributed by atoms with van der Waals surface area (Å²) in [5.74, 6) is 0.677. The second kappa shape index (κ2) is 5.67. The van der Waals surface area contributed by atoms with Gasteiger partial charge in [-0.2, -0.15) is 0 Å². The third-order valence-electron chi connectivity index (χ3n) is 3.31. The van der Waals surface area contributed by atoms with Gasteiger partial charge in [-0.15, -0.1) is 11.8 Å². The first kappa shape index (κ1) is 13.2. The van der Waals surface area contributed by atoms with Gasteiger partial charge in [-0.3, -0.25) is 4.79 Å². The summed E-state index contributed by atoms with van der Waals surface area (Å²) in [4.78, 5) is 15.4. The van der Waals surface area contributed by atoms with Crippen LogP contribution in [0.15, 0.2) is 53.4 Å². The topological polar surface area (TPSA) is 20.3 Å². The molecule has 0 bridgehead atoms. The average Bonchev–Trinajstić information content (AvgIpc) is 2.62. The molecule has 0 aromatic heterocycles. The maximum atomic E-state index is 12.9. The zero-order valence-corrected chi connectivity index (χ0v) is 11.7. The van der Waals surface area contributed by atoms with Crippen molar-refractivity contribution in [2.45, 2.75) is 11.4 Å². The molecule has 0 atom stereocenters. The van der Waals surface area contributed by atoms with Crippen LogP contribution >= 0.6 is 11.8 Å². The Hall–Kier alpha value is -1.81. The van der Waals surface area contributed by atoms with E-state index in [9.17, 15) is 9.18 Å². The lowest BCUT2D eigenvalue weighted by atomic mass is 10.1. The number of carbonyl (C=O) groups excluding carboxylic acids is 1. The van der Waals surface area contributed by atoms with Crippen molar-refractivity contribution in [1.82, 2.24) is 4.90 Å². The Bertz CT molecular complexity index is 627. The van der Waals surface area contributed by atoms with Crippen LogP contribution < -0.4 is 0 Å². The summed E-state index contributed by atoms with van der Waals surface area (Å²) in [6.07, 6.45) is 0. The van der Waals surface area contributed by atoms with Crippen LogP contribution in [0.1, 0.15) is 15.9 Å². The van der Waals surface area contributed by atoms with Gasteiger partial charge < -0.3 is 4.90 Å². The SMILES string of the molecule is O=C1c2ccccc2SCCN1Cc1ccc(F)cc1. The summed E-state index contributed by atoms with van der Waals surface area (Å²) in [6.45, 7) is 1.23. The van der Waals surface area contributed by atoms with Gasteiger partial charge in [0.25, 0.3) is 5.91 Å². The van der Waals surface area contributed by atoms with E-state index < -0.39 is 0 Å². The summed E-state index contributed by atoms with van der Waals surface area (Å²) in [7, 11) is 0. The first-order chi connectivity index (χ1) is 9.74. The zero-order chi connectivity index (χ0) is 13.9. The molecule has 2 nitrogen and oxygen atoms in total. The lowest BCUT2D eigenvalue weighted by molar-refractivity contribution is 0.0753. The number of fused-ring (bicyclic) bond motifs is 1. The summed E-state index contributed by atoms with van der Waals surface area (Å²) in [5.41, 5.74) is 1.71. The number of rotatable bonds is 2. The number of benzene rings is 2. The van der Waals surface area contributed by atoms with Crippen LogP contribution in [0.3, 0.4) is 0 Å². The van der Waals surface area contributed by atoms with E-state index in [4.69, 9.17) is 0 Å². The fraction of sp³-hybridized carbons (Fsp3) is 0.188. The molecule has 0 N–H and O–H groups in total. The van der Waals surface area contributed by atoms with Crippen molar-refractivity contribution >= 4 is 17.7 Å². The maximum Gasteiger partial charge on any atom is 0.255 e. The fourth-order valence-corrected chi connectivity index (χ4v) is 3.29. The van der Waals surface area contributed by atoms with Gasteiger partial charge in [-0.25, -0.2) is 4.39 Å². The normalized spacial score (nSPS) is 14.8. The predicted molar refractivity (Wildman–Crippen MR) is 78.3 cm³/mol. The van der Waals surface area contributed by atoms with Gasteiger partial charge in [0, 0.05) is 23.7 Å². The molecule has 0 aliphatic carbocycles. The van der Waals surface area contributed by atoms with Crippen molar-refractivity contribution in [2.24, 2.45) is 0 Å². The monoisotopic (exact) mass is 287 g/mol. The molecule has 2 aromatic rings. The van der Waals surface area contributed by atoms with Crippen molar-refractivity contribution in [3.63, 3.8) is 0 Å². The van der Waals surface area contributed by atoms with E-state index in [1.54, 1.807) is 23.9 Å². The lowest BCUT2D eigenvalue weighted by Crippen LogP contribution is -2.31. The van der Waals surface area contributed by atoms with Crippen LogP contribution in [0.2, 0.25) is 0 Å². The van der Waals surface area contributed by atoms with Crippen molar-refractivity contribution in [3.8, 4) is 0 Å². The Morgan fingerprint density at radius 1 is 1.10 bits per heavy atom. The summed E-state index contributed by atoms with van der Waals surface area (Å²) < 4.78 is 12.9. The molecule has 0 radical (unpaired) electrons. The molecule has 1 heterocycles. The number of hydrogen-bond donors (Lipinski definition) is 0. The molecule has 3 rings (SSSR count). The Labute approximate surface area is 121 Å². The molecule has 1 aliphatic heterocycles. The van der Waals surface area contributed by atoms with E-state index in [0.29, 0.717) is 13.1 Å². The number of carbonyl (C=O) groups is 1. The largest absolute Gasteiger partial charge is 0.333 e. The molecule has 1 amide bonds. The quantitative estimate of drug-likeness (QED) is 0.841. The molecule has 0 saturated carbocycles. The minimum atomic E-state index is -0.253. The molecule has 2 aromatic carbocycles. The van der Waals surface area contributed by atoms with Gasteiger partial charge in [0.15, 0.2) is 0 Å². The van der Waals surface area contributed by atoms with Crippen LogP contribution in [-0.2, 0) is 6.54 Å². The molecule has 1 aliphatic rings. The number of nitrogens with zero attached hydrogens (tertiary/aromatic N) is 1. The van der Waals surface area contributed by atoms with E-state index >= 15 is 0 Å². The van der Waals surface area contributed by atoms with E-state index in [0.717, 1.165) is 21.8 Å². The zero-order valence-electron chi connectivity index (χ0n) is 10.9. The molecule has 0 unspecified atom stereocenters. The maximum absolute atomic E-state index is 12.9. The van der Waals surface area contributed by atoms with Crippen molar-refractivity contribution in [1.29, 1.82) is 0 Å². The summed E-state index contributed by atoms with van der Waals surface area (Å²) in [5, 5.41) is 0. The second-order valence-electron chi connectivity index (χ2n) is 4.70. The smallest absolute Gasteiger partial charge is 0.255 e. The van der Waals surface area contributed by atoms with Crippen molar-refractivity contribution in [2.75, 3.05) is 12.3 Å². The minimum absolute atomic E-state index is 0.0509. The van der Waals surface area contributed by atoms with Crippen LogP contribution in [-0.4, -0.2) is 23.1 Å². The van der Waals surface area contributed by atoms with E-state index in [1.807, 2.05) is 29.2 Å². The number of thioether (sulfide) groups is 1. The Kier molecular flexibility index (Phi) is 3.74. The first-order valence-electron chi connectivity index (χ1n) is 6.49. The average molecular weight is 287 g/mol. The summed E-state index contributed by atoms with van der Waals surface area (Å²) >= 11 is 1.71. The number of amides is 1. The Balaban J connectivity index is 1.84. The van der Waals surface area contributed by atoms with Gasteiger partial charge in [-0.05, 0) is 29.8 Å². The molecule has 0 fully saturated rings. The van der Waals surface area contributed by atoms with Crippen LogP contribution in [0, 0.1) is 5.82 Å². The van der Waals surface area contributed by atoms with Gasteiger partial charge >= 0.3 is 0 Å². The van der Waals surface area contributed by atoms with E-state index in [1.165, 1.54) is 12.1 Å². The van der Waals surface area contributed by atoms with Gasteiger partial charge in [0.1, 0.15) is 5.82 Å². The molecule has 0 saturated heterocycles. The highest BCUT2D eigenvalue weighted by atomic mass is 32.2. The molecule has 20 heavy (non-hydrogen) atoms. The van der Waals surface area contributed by atoms with Crippen LogP contribution in [0.5, 0.6) is 0 Å². The Morgan fingerprint density at radius 2 is 1.85 bits per heavy atom. The second-order valence-corrected chi connectivity index (χ2v) is 5.83. The third-order valence-corrected chi connectivity index (χ3v) is 4.36. The first-order valence-corrected chi connectivity index (χ1v) is 7.48. The molecule has 0 spiro atoms. The van der Waals surface area contributed by atoms with E-state index in [-0.39, 0.29) is 11.7 Å². The fourth-order valence-electron chi connectivity index (χ4n) is 2.27. The van der Waals surface area contributed by atoms with Gasteiger partial charge in [0.2, 0.25) is 0 Å². The minimum Gasteiger partial charge on any atom is -0.333 e. The molecule has 102 valence electrons. The van der Waals surface area contributed by atoms with Gasteiger partial charge in [0.05, 0.1) is 5.56 Å². The highest BCUT2D eigenvalue weighted by Crippen LogP contribution is 2.27. The molecular weight excluding hydrogens is 273 g/mol. The lowest BCUT2D eigenvalue weighted by Gasteiger charge is -2.20.